The quantitative estimate of drug-likeness (QED) is 0.291. The number of hydrogen-bond donors (Lipinski definition) is 1. The maximum Gasteiger partial charge on any atom is 0.167 e. The first-order valence-corrected chi connectivity index (χ1v) is 7.42. The van der Waals surface area contributed by atoms with E-state index >= 15 is 0 Å². The monoisotopic (exact) mass is 303 g/mol. The van der Waals surface area contributed by atoms with Gasteiger partial charge in [-0.1, -0.05) is 26.5 Å². The molecule has 0 aromatic carbocycles. The highest BCUT2D eigenvalue weighted by atomic mass is 16.1. The molecule has 0 amide bonds. The normalized spacial score (nSPS) is 12.4. The second-order valence-electron chi connectivity index (χ2n) is 4.91. The number of allylic oxidation sites excluding steroid dienone is 5. The average Bonchev–Trinajstić information content (AvgIpc) is 2.43. The van der Waals surface area contributed by atoms with Crippen molar-refractivity contribution in [1.82, 2.24) is 5.32 Å². The Morgan fingerprint density at radius 2 is 1.68 bits per heavy atom. The molecule has 0 spiro atoms. The molecule has 0 radical (unpaired) electrons. The van der Waals surface area contributed by atoms with Crippen LogP contribution in [-0.2, 0) is 14.4 Å². The van der Waals surface area contributed by atoms with Gasteiger partial charge in [0.25, 0.3) is 0 Å². The lowest BCUT2D eigenvalue weighted by molar-refractivity contribution is -0.120. The highest BCUT2D eigenvalue weighted by Gasteiger charge is 2.12. The third-order valence-electron chi connectivity index (χ3n) is 2.85. The minimum absolute atomic E-state index is 0.0241. The second-order valence-corrected chi connectivity index (χ2v) is 4.91. The van der Waals surface area contributed by atoms with Crippen LogP contribution in [0.5, 0.6) is 0 Å². The Labute approximate surface area is 132 Å². The minimum Gasteiger partial charge on any atom is -0.361 e. The first kappa shape index (κ1) is 19.8. The summed E-state index contributed by atoms with van der Waals surface area (Å²) in [4.78, 5) is 34.7. The van der Waals surface area contributed by atoms with Crippen molar-refractivity contribution in [2.75, 3.05) is 0 Å². The van der Waals surface area contributed by atoms with Gasteiger partial charge in [0, 0.05) is 23.9 Å². The molecular formula is C18H25NO3. The van der Waals surface area contributed by atoms with Crippen LogP contribution in [0.1, 0.15) is 47.0 Å². The molecule has 0 aliphatic carbocycles. The Morgan fingerprint density at radius 1 is 1.05 bits per heavy atom. The van der Waals surface area contributed by atoms with Crippen LogP contribution in [0.25, 0.3) is 0 Å². The summed E-state index contributed by atoms with van der Waals surface area (Å²) < 4.78 is 0. The number of nitrogens with one attached hydrogen (secondary N) is 1. The number of rotatable bonds is 10. The van der Waals surface area contributed by atoms with Crippen molar-refractivity contribution in [1.29, 1.82) is 0 Å². The van der Waals surface area contributed by atoms with Crippen LogP contribution in [0, 0.1) is 0 Å². The summed E-state index contributed by atoms with van der Waals surface area (Å²) >= 11 is 0. The lowest BCUT2D eigenvalue weighted by Crippen LogP contribution is -2.14. The first-order valence-electron chi connectivity index (χ1n) is 7.42. The summed E-state index contributed by atoms with van der Waals surface area (Å²) in [6, 6.07) is 0. The highest BCUT2D eigenvalue weighted by Crippen LogP contribution is 2.05. The van der Waals surface area contributed by atoms with Gasteiger partial charge in [-0.2, -0.15) is 0 Å². The molecule has 1 N–H and O–H groups in total. The lowest BCUT2D eigenvalue weighted by atomic mass is 10.1. The Kier molecular flexibility index (Phi) is 9.43. The van der Waals surface area contributed by atoms with Crippen molar-refractivity contribution in [3.63, 3.8) is 0 Å². The molecule has 0 aliphatic heterocycles. The molecular weight excluding hydrogens is 278 g/mol. The number of carbonyl (C=O) groups is 3. The molecule has 0 rings (SSSR count). The fraction of sp³-hybridized carbons (Fsp3) is 0.389. The van der Waals surface area contributed by atoms with Crippen LogP contribution in [0.2, 0.25) is 0 Å². The van der Waals surface area contributed by atoms with Gasteiger partial charge in [0.05, 0.1) is 5.57 Å². The molecule has 0 heterocycles. The molecule has 0 aromatic heterocycles. The number of carbonyl (C=O) groups excluding carboxylic acids is 3. The highest BCUT2D eigenvalue weighted by molar-refractivity contribution is 6.19. The van der Waals surface area contributed by atoms with Gasteiger partial charge < -0.3 is 5.32 Å². The van der Waals surface area contributed by atoms with Crippen LogP contribution in [0.15, 0.2) is 47.9 Å². The van der Waals surface area contributed by atoms with Crippen molar-refractivity contribution in [2.45, 2.75) is 47.0 Å². The van der Waals surface area contributed by atoms with Gasteiger partial charge in [-0.15, -0.1) is 0 Å². The van der Waals surface area contributed by atoms with E-state index in [0.717, 1.165) is 6.42 Å². The van der Waals surface area contributed by atoms with Gasteiger partial charge in [0.15, 0.2) is 17.3 Å². The average molecular weight is 303 g/mol. The molecule has 4 nitrogen and oxygen atoms in total. The Morgan fingerprint density at radius 3 is 2.14 bits per heavy atom. The van der Waals surface area contributed by atoms with Crippen LogP contribution < -0.4 is 5.32 Å². The van der Waals surface area contributed by atoms with Crippen molar-refractivity contribution in [3.8, 4) is 0 Å². The van der Waals surface area contributed by atoms with Crippen molar-refractivity contribution >= 4 is 17.3 Å². The summed E-state index contributed by atoms with van der Waals surface area (Å²) in [7, 11) is 0. The molecule has 0 atom stereocenters. The largest absolute Gasteiger partial charge is 0.361 e. The van der Waals surface area contributed by atoms with E-state index in [0.29, 0.717) is 24.1 Å². The van der Waals surface area contributed by atoms with E-state index in [1.165, 1.54) is 20.0 Å². The third-order valence-corrected chi connectivity index (χ3v) is 2.85. The molecule has 22 heavy (non-hydrogen) atoms. The maximum absolute atomic E-state index is 11.8. The standard InChI is InChI=1S/C18H25NO3/c1-6-8-16(14(4)20)11-10-13(3)19-12-17(15(5)21)18(22)9-7-2/h8,10-12,19H,3,6-7,9H2,1-2,4-5H3/b11-10-,16-8+,17-12-. The molecule has 0 bridgehead atoms. The fourth-order valence-corrected chi connectivity index (χ4v) is 1.69. The zero-order valence-electron chi connectivity index (χ0n) is 13.9. The molecule has 0 saturated carbocycles. The summed E-state index contributed by atoms with van der Waals surface area (Å²) in [6.07, 6.45) is 8.30. The predicted molar refractivity (Wildman–Crippen MR) is 89.1 cm³/mol. The Hall–Kier alpha value is -2.23. The van der Waals surface area contributed by atoms with Gasteiger partial charge in [-0.3, -0.25) is 14.4 Å². The van der Waals surface area contributed by atoms with E-state index in [1.54, 1.807) is 12.2 Å². The molecule has 0 fully saturated rings. The zero-order valence-corrected chi connectivity index (χ0v) is 13.9. The number of Topliss-reactive ketones (excluding diaryl/α,β-unsaturated/α-hetero) is 3. The van der Waals surface area contributed by atoms with Crippen molar-refractivity contribution < 1.29 is 14.4 Å². The van der Waals surface area contributed by atoms with Crippen molar-refractivity contribution in [3.05, 3.63) is 47.9 Å². The summed E-state index contributed by atoms with van der Waals surface area (Å²) in [5, 5.41) is 2.82. The van der Waals surface area contributed by atoms with E-state index in [9.17, 15) is 14.4 Å². The van der Waals surface area contributed by atoms with Gasteiger partial charge >= 0.3 is 0 Å². The fourth-order valence-electron chi connectivity index (χ4n) is 1.69. The Bertz CT molecular complexity index is 537. The maximum atomic E-state index is 11.8. The smallest absolute Gasteiger partial charge is 0.167 e. The number of ketones is 3. The zero-order chi connectivity index (χ0) is 17.1. The van der Waals surface area contributed by atoms with Gasteiger partial charge in [0.1, 0.15) is 0 Å². The van der Waals surface area contributed by atoms with Gasteiger partial charge in [0.2, 0.25) is 0 Å². The lowest BCUT2D eigenvalue weighted by Gasteiger charge is -2.04. The van der Waals surface area contributed by atoms with Crippen molar-refractivity contribution in [2.24, 2.45) is 0 Å². The van der Waals surface area contributed by atoms with E-state index in [4.69, 9.17) is 0 Å². The van der Waals surface area contributed by atoms with E-state index in [2.05, 4.69) is 11.9 Å². The predicted octanol–water partition coefficient (Wildman–Crippen LogP) is 3.41. The van der Waals surface area contributed by atoms with E-state index in [-0.39, 0.29) is 22.9 Å². The van der Waals surface area contributed by atoms with Crippen LogP contribution in [-0.4, -0.2) is 17.3 Å². The molecule has 4 heteroatoms. The molecule has 0 saturated heterocycles. The SMILES string of the molecule is C=C(/C=C\C(=C/CC)C(C)=O)N/C=C(/C(C)=O)C(=O)CCC. The molecule has 0 aromatic rings. The molecule has 120 valence electrons. The van der Waals surface area contributed by atoms with Gasteiger partial charge in [-0.05, 0) is 38.8 Å². The first-order chi connectivity index (χ1) is 10.3. The number of hydrogen-bond acceptors (Lipinski definition) is 4. The minimum atomic E-state index is -0.280. The molecule has 0 unspecified atom stereocenters. The van der Waals surface area contributed by atoms with E-state index in [1.807, 2.05) is 19.9 Å². The Balaban J connectivity index is 4.93. The van der Waals surface area contributed by atoms with Gasteiger partial charge in [-0.25, -0.2) is 0 Å². The summed E-state index contributed by atoms with van der Waals surface area (Å²) in [5.41, 5.74) is 1.22. The van der Waals surface area contributed by atoms with E-state index < -0.39 is 0 Å². The second kappa shape index (κ2) is 10.5. The van der Waals surface area contributed by atoms with Crippen LogP contribution in [0.3, 0.4) is 0 Å². The molecule has 0 aliphatic rings. The topological polar surface area (TPSA) is 63.2 Å². The summed E-state index contributed by atoms with van der Waals surface area (Å²) in [6.45, 7) is 10.5. The van der Waals surface area contributed by atoms with Crippen LogP contribution in [0.4, 0.5) is 0 Å². The summed E-state index contributed by atoms with van der Waals surface area (Å²) in [5.74, 6) is -0.489. The van der Waals surface area contributed by atoms with Crippen LogP contribution >= 0.6 is 0 Å². The third kappa shape index (κ3) is 7.53.